The average Bonchev–Trinajstić information content (AvgIpc) is 2.65. The number of aliphatic hydroxyl groups is 2. The smallest absolute Gasteiger partial charge is 0.328 e. The molecule has 0 spiro atoms. The molecule has 13 nitrogen and oxygen atoms in total. The Morgan fingerprint density at radius 2 is 1.40 bits per heavy atom. The number of nitrogens with one attached hydrogen (secondary N) is 3. The van der Waals surface area contributed by atoms with Gasteiger partial charge in [0.05, 0.1) is 12.2 Å². The number of amides is 4. The fourth-order valence-corrected chi connectivity index (χ4v) is 2.41. The van der Waals surface area contributed by atoms with Gasteiger partial charge in [-0.25, -0.2) is 4.79 Å². The fraction of sp³-hybridized carbons (Fsp3) is 0.688. The molecule has 0 saturated heterocycles. The highest BCUT2D eigenvalue weighted by molar-refractivity contribution is 7.80. The number of rotatable bonds is 13. The van der Waals surface area contributed by atoms with E-state index in [2.05, 4.69) is 28.6 Å². The molecule has 0 aliphatic heterocycles. The highest BCUT2D eigenvalue weighted by Gasteiger charge is 2.32. The molecule has 6 atom stereocenters. The molecule has 30 heavy (non-hydrogen) atoms. The Kier molecular flexibility index (Phi) is 11.9. The second kappa shape index (κ2) is 13.0. The zero-order valence-electron chi connectivity index (χ0n) is 16.6. The zero-order valence-corrected chi connectivity index (χ0v) is 17.5. The molecule has 0 aliphatic rings. The van der Waals surface area contributed by atoms with E-state index in [-0.39, 0.29) is 18.6 Å². The normalized spacial score (nSPS) is 16.9. The lowest BCUT2D eigenvalue weighted by Crippen LogP contribution is -2.59. The second-order valence-electron chi connectivity index (χ2n) is 6.64. The van der Waals surface area contributed by atoms with E-state index in [0.717, 1.165) is 6.92 Å². The number of hydrogen-bond donors (Lipinski definition) is 9. The number of carbonyl (C=O) groups is 5. The third-order valence-electron chi connectivity index (χ3n) is 4.00. The van der Waals surface area contributed by atoms with Gasteiger partial charge in [-0.2, -0.15) is 12.6 Å². The van der Waals surface area contributed by atoms with Gasteiger partial charge in [-0.3, -0.25) is 19.2 Å². The van der Waals surface area contributed by atoms with Crippen LogP contribution in [0.5, 0.6) is 0 Å². The Morgan fingerprint density at radius 3 is 1.80 bits per heavy atom. The molecule has 0 rings (SSSR count). The summed E-state index contributed by atoms with van der Waals surface area (Å²) >= 11 is 3.95. The number of carboxylic acid groups (broad SMARTS) is 1. The highest BCUT2D eigenvalue weighted by atomic mass is 32.1. The van der Waals surface area contributed by atoms with Gasteiger partial charge in [0.1, 0.15) is 18.1 Å². The van der Waals surface area contributed by atoms with E-state index in [1.807, 2.05) is 0 Å². The lowest BCUT2D eigenvalue weighted by atomic mass is 10.1. The summed E-state index contributed by atoms with van der Waals surface area (Å²) in [6, 6.07) is -5.61. The summed E-state index contributed by atoms with van der Waals surface area (Å²) in [6.45, 7) is 2.43. The molecule has 0 heterocycles. The molecule has 0 radical (unpaired) electrons. The largest absolute Gasteiger partial charge is 0.480 e. The van der Waals surface area contributed by atoms with Gasteiger partial charge in [-0.15, -0.1) is 0 Å². The first-order valence-electron chi connectivity index (χ1n) is 8.96. The summed E-state index contributed by atoms with van der Waals surface area (Å²) in [6.07, 6.45) is -3.20. The molecule has 0 aliphatic carbocycles. The number of hydrogen-bond acceptors (Lipinski definition) is 9. The first-order valence-corrected chi connectivity index (χ1v) is 9.59. The SMILES string of the molecule is CC(O)C(N)C(=O)NC(CS)C(=O)NC(CCC(N)=O)C(=O)NC(C(=O)O)C(C)O. The Morgan fingerprint density at radius 1 is 0.900 bits per heavy atom. The fourth-order valence-electron chi connectivity index (χ4n) is 2.15. The van der Waals surface area contributed by atoms with Gasteiger partial charge in [0.15, 0.2) is 6.04 Å². The minimum absolute atomic E-state index is 0.195. The van der Waals surface area contributed by atoms with Crippen molar-refractivity contribution in [3.05, 3.63) is 0 Å². The van der Waals surface area contributed by atoms with E-state index in [4.69, 9.17) is 16.6 Å². The van der Waals surface area contributed by atoms with Gasteiger partial charge in [-0.05, 0) is 20.3 Å². The van der Waals surface area contributed by atoms with E-state index >= 15 is 0 Å². The van der Waals surface area contributed by atoms with Crippen LogP contribution in [-0.4, -0.2) is 87.0 Å². The molecule has 0 bridgehead atoms. The van der Waals surface area contributed by atoms with Crippen molar-refractivity contribution >= 4 is 42.2 Å². The first-order chi connectivity index (χ1) is 13.8. The van der Waals surface area contributed by atoms with Gasteiger partial charge in [0, 0.05) is 12.2 Å². The van der Waals surface area contributed by atoms with E-state index < -0.39 is 66.0 Å². The van der Waals surface area contributed by atoms with E-state index in [0.29, 0.717) is 0 Å². The third-order valence-corrected chi connectivity index (χ3v) is 4.36. The molecular formula is C16H29N5O8S. The zero-order chi connectivity index (χ0) is 23.6. The molecule has 10 N–H and O–H groups in total. The lowest BCUT2D eigenvalue weighted by molar-refractivity contribution is -0.145. The van der Waals surface area contributed by atoms with Crippen LogP contribution in [0.1, 0.15) is 26.7 Å². The second-order valence-corrected chi connectivity index (χ2v) is 7.01. The summed E-state index contributed by atoms with van der Waals surface area (Å²) in [7, 11) is 0. The van der Waals surface area contributed by atoms with Crippen LogP contribution in [0, 0.1) is 0 Å². The predicted octanol–water partition coefficient (Wildman–Crippen LogP) is -4.19. The number of aliphatic hydroxyl groups excluding tert-OH is 2. The Bertz CT molecular complexity index is 645. The summed E-state index contributed by atoms with van der Waals surface area (Å²) in [5.74, 6) is -5.16. The van der Waals surface area contributed by atoms with Crippen molar-refractivity contribution in [2.24, 2.45) is 11.5 Å². The number of aliphatic carboxylic acids is 1. The number of carboxylic acids is 1. The molecular weight excluding hydrogens is 422 g/mol. The van der Waals surface area contributed by atoms with Crippen molar-refractivity contribution < 1.29 is 39.3 Å². The highest BCUT2D eigenvalue weighted by Crippen LogP contribution is 2.03. The maximum atomic E-state index is 12.5. The molecule has 6 unspecified atom stereocenters. The van der Waals surface area contributed by atoms with E-state index in [1.54, 1.807) is 0 Å². The van der Waals surface area contributed by atoms with Crippen molar-refractivity contribution in [3.63, 3.8) is 0 Å². The van der Waals surface area contributed by atoms with Crippen LogP contribution in [0.4, 0.5) is 0 Å². The van der Waals surface area contributed by atoms with Crippen LogP contribution in [0.25, 0.3) is 0 Å². The van der Waals surface area contributed by atoms with Gasteiger partial charge >= 0.3 is 5.97 Å². The monoisotopic (exact) mass is 451 g/mol. The number of nitrogens with two attached hydrogens (primary N) is 2. The molecule has 4 amide bonds. The number of carbonyl (C=O) groups excluding carboxylic acids is 4. The average molecular weight is 452 g/mol. The molecule has 0 aromatic rings. The van der Waals surface area contributed by atoms with Crippen LogP contribution >= 0.6 is 12.6 Å². The van der Waals surface area contributed by atoms with Crippen LogP contribution in [0.15, 0.2) is 0 Å². The van der Waals surface area contributed by atoms with Crippen LogP contribution < -0.4 is 27.4 Å². The maximum Gasteiger partial charge on any atom is 0.328 e. The Labute approximate surface area is 178 Å². The van der Waals surface area contributed by atoms with Crippen molar-refractivity contribution in [3.8, 4) is 0 Å². The molecule has 172 valence electrons. The number of thiol groups is 1. The van der Waals surface area contributed by atoms with Crippen molar-refractivity contribution in [1.29, 1.82) is 0 Å². The van der Waals surface area contributed by atoms with Crippen LogP contribution in [-0.2, 0) is 24.0 Å². The molecule has 0 aromatic heterocycles. The Balaban J connectivity index is 5.34. The third kappa shape index (κ3) is 9.39. The maximum absolute atomic E-state index is 12.5. The van der Waals surface area contributed by atoms with E-state index in [1.165, 1.54) is 6.92 Å². The number of primary amides is 1. The minimum atomic E-state index is -1.66. The summed E-state index contributed by atoms with van der Waals surface area (Å²) in [5.41, 5.74) is 10.6. The van der Waals surface area contributed by atoms with Gasteiger partial charge < -0.3 is 42.7 Å². The molecule has 14 heteroatoms. The molecule has 0 saturated carbocycles. The Hall–Kier alpha value is -2.42. The molecule has 0 fully saturated rings. The predicted molar refractivity (Wildman–Crippen MR) is 107 cm³/mol. The van der Waals surface area contributed by atoms with Gasteiger partial charge in [-0.1, -0.05) is 0 Å². The molecule has 0 aromatic carbocycles. The van der Waals surface area contributed by atoms with E-state index in [9.17, 15) is 34.2 Å². The summed E-state index contributed by atoms with van der Waals surface area (Å²) < 4.78 is 0. The summed E-state index contributed by atoms with van der Waals surface area (Å²) in [4.78, 5) is 59.1. The lowest BCUT2D eigenvalue weighted by Gasteiger charge is -2.25. The topological polar surface area (TPSA) is 234 Å². The van der Waals surface area contributed by atoms with Crippen molar-refractivity contribution in [2.75, 3.05) is 5.75 Å². The van der Waals surface area contributed by atoms with Crippen molar-refractivity contribution in [1.82, 2.24) is 16.0 Å². The summed E-state index contributed by atoms with van der Waals surface area (Å²) in [5, 5.41) is 34.5. The van der Waals surface area contributed by atoms with Gasteiger partial charge in [0.2, 0.25) is 23.6 Å². The van der Waals surface area contributed by atoms with Crippen LogP contribution in [0.2, 0.25) is 0 Å². The van der Waals surface area contributed by atoms with Crippen LogP contribution in [0.3, 0.4) is 0 Å². The first kappa shape index (κ1) is 27.6. The standard InChI is InChI=1S/C16H29N5O8S/c1-6(22)11(18)15(27)20-9(5-30)14(26)19-8(3-4-10(17)24)13(25)21-12(7(2)23)16(28)29/h6-9,11-12,22-23,30H,3-5,18H2,1-2H3,(H2,17,24)(H,19,26)(H,20,27)(H,21,25)(H,28,29). The van der Waals surface area contributed by atoms with Gasteiger partial charge in [0.25, 0.3) is 0 Å². The van der Waals surface area contributed by atoms with Crippen molar-refractivity contribution in [2.45, 2.75) is 63.1 Å². The minimum Gasteiger partial charge on any atom is -0.480 e. The quantitative estimate of drug-likeness (QED) is 0.123.